The number of benzene rings is 1. The van der Waals surface area contributed by atoms with Crippen LogP contribution in [0.5, 0.6) is 0 Å². The minimum atomic E-state index is 0.137. The molecule has 1 aromatic rings. The van der Waals surface area contributed by atoms with Crippen LogP contribution < -0.4 is 5.32 Å². The predicted octanol–water partition coefficient (Wildman–Crippen LogP) is 2.41. The third-order valence-electron chi connectivity index (χ3n) is 2.86. The van der Waals surface area contributed by atoms with Crippen LogP contribution in [-0.4, -0.2) is 11.9 Å². The van der Waals surface area contributed by atoms with Crippen LogP contribution in [0.1, 0.15) is 18.9 Å². The van der Waals surface area contributed by atoms with Crippen LogP contribution >= 0.6 is 11.6 Å². The average Bonchev–Trinajstić information content (AvgIpc) is 2.50. The van der Waals surface area contributed by atoms with E-state index in [9.17, 15) is 4.79 Å². The Bertz CT molecular complexity index is 378. The molecule has 0 bridgehead atoms. The third-order valence-corrected chi connectivity index (χ3v) is 3.22. The van der Waals surface area contributed by atoms with Gasteiger partial charge in [0.1, 0.15) is 0 Å². The zero-order chi connectivity index (χ0) is 10.8. The molecule has 2 unspecified atom stereocenters. The second-order valence-electron chi connectivity index (χ2n) is 4.14. The molecule has 1 saturated heterocycles. The first kappa shape index (κ1) is 10.5. The van der Waals surface area contributed by atoms with Gasteiger partial charge in [-0.25, -0.2) is 0 Å². The monoisotopic (exact) mass is 223 g/mol. The molecule has 2 atom stereocenters. The van der Waals surface area contributed by atoms with Crippen molar-refractivity contribution in [3.8, 4) is 0 Å². The van der Waals surface area contributed by atoms with E-state index in [1.54, 1.807) is 0 Å². The molecule has 1 aromatic carbocycles. The van der Waals surface area contributed by atoms with E-state index in [0.717, 1.165) is 23.4 Å². The zero-order valence-corrected chi connectivity index (χ0v) is 9.42. The average molecular weight is 224 g/mol. The van der Waals surface area contributed by atoms with Gasteiger partial charge in [-0.15, -0.1) is 0 Å². The van der Waals surface area contributed by atoms with Crippen LogP contribution in [0.3, 0.4) is 0 Å². The molecule has 1 amide bonds. The molecule has 0 saturated carbocycles. The van der Waals surface area contributed by atoms with Crippen molar-refractivity contribution in [3.63, 3.8) is 0 Å². The van der Waals surface area contributed by atoms with Crippen molar-refractivity contribution in [3.05, 3.63) is 34.9 Å². The summed E-state index contributed by atoms with van der Waals surface area (Å²) in [7, 11) is 0. The maximum Gasteiger partial charge on any atom is 0.223 e. The van der Waals surface area contributed by atoms with E-state index in [4.69, 9.17) is 11.6 Å². The summed E-state index contributed by atoms with van der Waals surface area (Å²) in [4.78, 5) is 11.3. The van der Waals surface area contributed by atoms with Crippen LogP contribution in [-0.2, 0) is 11.2 Å². The SMILES string of the molecule is CC1CC(Cc2ccccc2Cl)NC1=O. The lowest BCUT2D eigenvalue weighted by Gasteiger charge is -2.10. The van der Waals surface area contributed by atoms with E-state index in [1.165, 1.54) is 0 Å². The van der Waals surface area contributed by atoms with Crippen molar-refractivity contribution >= 4 is 17.5 Å². The summed E-state index contributed by atoms with van der Waals surface area (Å²) in [6.45, 7) is 1.96. The Kier molecular flexibility index (Phi) is 2.96. The molecule has 0 spiro atoms. The number of nitrogens with one attached hydrogen (secondary N) is 1. The quantitative estimate of drug-likeness (QED) is 0.820. The Hall–Kier alpha value is -1.02. The molecule has 80 valence electrons. The number of halogens is 1. The molecular formula is C12H14ClNO. The topological polar surface area (TPSA) is 29.1 Å². The summed E-state index contributed by atoms with van der Waals surface area (Å²) in [6, 6.07) is 8.03. The highest BCUT2D eigenvalue weighted by atomic mass is 35.5. The van der Waals surface area contributed by atoms with Gasteiger partial charge in [-0.3, -0.25) is 4.79 Å². The molecule has 1 N–H and O–H groups in total. The van der Waals surface area contributed by atoms with Crippen molar-refractivity contribution in [2.24, 2.45) is 5.92 Å². The van der Waals surface area contributed by atoms with Gasteiger partial charge >= 0.3 is 0 Å². The summed E-state index contributed by atoms with van der Waals surface area (Å²) in [5.41, 5.74) is 1.11. The van der Waals surface area contributed by atoms with Gasteiger partial charge < -0.3 is 5.32 Å². The second kappa shape index (κ2) is 4.23. The van der Waals surface area contributed by atoms with Crippen molar-refractivity contribution in [2.45, 2.75) is 25.8 Å². The van der Waals surface area contributed by atoms with Crippen molar-refractivity contribution < 1.29 is 4.79 Å². The number of amides is 1. The highest BCUT2D eigenvalue weighted by Gasteiger charge is 2.28. The molecule has 1 aliphatic heterocycles. The lowest BCUT2D eigenvalue weighted by molar-refractivity contribution is -0.122. The molecule has 0 radical (unpaired) electrons. The zero-order valence-electron chi connectivity index (χ0n) is 8.66. The van der Waals surface area contributed by atoms with E-state index in [2.05, 4.69) is 5.32 Å². The normalized spacial score (nSPS) is 25.3. The van der Waals surface area contributed by atoms with E-state index in [0.29, 0.717) is 0 Å². The van der Waals surface area contributed by atoms with Gasteiger partial charge in [0.25, 0.3) is 0 Å². The fraction of sp³-hybridized carbons (Fsp3) is 0.417. The minimum Gasteiger partial charge on any atom is -0.353 e. The highest BCUT2D eigenvalue weighted by molar-refractivity contribution is 6.31. The molecule has 1 heterocycles. The molecule has 15 heavy (non-hydrogen) atoms. The molecular weight excluding hydrogens is 210 g/mol. The van der Waals surface area contributed by atoms with E-state index >= 15 is 0 Å². The maximum absolute atomic E-state index is 11.3. The molecule has 1 aliphatic rings. The molecule has 0 aliphatic carbocycles. The van der Waals surface area contributed by atoms with Crippen molar-refractivity contribution in [2.75, 3.05) is 0 Å². The lowest BCUT2D eigenvalue weighted by atomic mass is 10.0. The van der Waals surface area contributed by atoms with Gasteiger partial charge in [0.15, 0.2) is 0 Å². The molecule has 2 nitrogen and oxygen atoms in total. The molecule has 1 fully saturated rings. The first-order chi connectivity index (χ1) is 7.16. The number of hydrogen-bond acceptors (Lipinski definition) is 1. The van der Waals surface area contributed by atoms with E-state index in [1.807, 2.05) is 31.2 Å². The van der Waals surface area contributed by atoms with Crippen LogP contribution in [0.2, 0.25) is 5.02 Å². The standard InChI is InChI=1S/C12H14ClNO/c1-8-6-10(14-12(8)15)7-9-4-2-3-5-11(9)13/h2-5,8,10H,6-7H2,1H3,(H,14,15). The number of carbonyl (C=O) groups is 1. The first-order valence-corrected chi connectivity index (χ1v) is 5.58. The second-order valence-corrected chi connectivity index (χ2v) is 4.54. The highest BCUT2D eigenvalue weighted by Crippen LogP contribution is 2.22. The van der Waals surface area contributed by atoms with E-state index in [-0.39, 0.29) is 17.9 Å². The first-order valence-electron chi connectivity index (χ1n) is 5.20. The summed E-state index contributed by atoms with van der Waals surface area (Å²) < 4.78 is 0. The molecule has 3 heteroatoms. The Labute approximate surface area is 94.6 Å². The fourth-order valence-electron chi connectivity index (χ4n) is 2.00. The van der Waals surface area contributed by atoms with Crippen LogP contribution in [0.15, 0.2) is 24.3 Å². The van der Waals surface area contributed by atoms with Crippen LogP contribution in [0.4, 0.5) is 0 Å². The Balaban J connectivity index is 2.05. The predicted molar refractivity (Wildman–Crippen MR) is 60.9 cm³/mol. The van der Waals surface area contributed by atoms with Crippen LogP contribution in [0, 0.1) is 5.92 Å². The molecule has 2 rings (SSSR count). The van der Waals surface area contributed by atoms with Crippen molar-refractivity contribution in [1.29, 1.82) is 0 Å². The van der Waals surface area contributed by atoms with Gasteiger partial charge in [-0.1, -0.05) is 36.7 Å². The minimum absolute atomic E-state index is 0.137. The van der Waals surface area contributed by atoms with E-state index < -0.39 is 0 Å². The van der Waals surface area contributed by atoms with Crippen LogP contribution in [0.25, 0.3) is 0 Å². The van der Waals surface area contributed by atoms with Crippen molar-refractivity contribution in [1.82, 2.24) is 5.32 Å². The number of rotatable bonds is 2. The fourth-order valence-corrected chi connectivity index (χ4v) is 2.21. The maximum atomic E-state index is 11.3. The molecule has 0 aromatic heterocycles. The Morgan fingerprint density at radius 2 is 2.20 bits per heavy atom. The number of hydrogen-bond donors (Lipinski definition) is 1. The summed E-state index contributed by atoms with van der Waals surface area (Å²) in [5.74, 6) is 0.296. The van der Waals surface area contributed by atoms with Gasteiger partial charge in [-0.05, 0) is 24.5 Å². The third kappa shape index (κ3) is 2.32. The largest absolute Gasteiger partial charge is 0.353 e. The summed E-state index contributed by atoms with van der Waals surface area (Å²) in [5, 5.41) is 3.77. The van der Waals surface area contributed by atoms with Gasteiger partial charge in [-0.2, -0.15) is 0 Å². The summed E-state index contributed by atoms with van der Waals surface area (Å²) in [6.07, 6.45) is 1.74. The summed E-state index contributed by atoms with van der Waals surface area (Å²) >= 11 is 6.06. The Morgan fingerprint density at radius 3 is 2.80 bits per heavy atom. The smallest absolute Gasteiger partial charge is 0.223 e. The number of carbonyl (C=O) groups excluding carboxylic acids is 1. The van der Waals surface area contributed by atoms with Gasteiger partial charge in [0, 0.05) is 17.0 Å². The Morgan fingerprint density at radius 1 is 1.47 bits per heavy atom. The van der Waals surface area contributed by atoms with Gasteiger partial charge in [0.05, 0.1) is 0 Å². The lowest BCUT2D eigenvalue weighted by Crippen LogP contribution is -2.27. The van der Waals surface area contributed by atoms with Gasteiger partial charge in [0.2, 0.25) is 5.91 Å².